The van der Waals surface area contributed by atoms with Crippen LogP contribution in [0.5, 0.6) is 5.88 Å². The van der Waals surface area contributed by atoms with Gasteiger partial charge in [0.1, 0.15) is 0 Å². The topological polar surface area (TPSA) is 39.2 Å². The Morgan fingerprint density at radius 3 is 2.59 bits per heavy atom. The Bertz CT molecular complexity index is 537. The summed E-state index contributed by atoms with van der Waals surface area (Å²) in [5.41, 5.74) is 1.08. The summed E-state index contributed by atoms with van der Waals surface area (Å²) in [6, 6.07) is 10.6. The van der Waals surface area contributed by atoms with E-state index in [0.29, 0.717) is 17.0 Å². The number of rotatable bonds is 3. The third kappa shape index (κ3) is 2.53. The third-order valence-electron chi connectivity index (χ3n) is 2.32. The van der Waals surface area contributed by atoms with Gasteiger partial charge in [0.2, 0.25) is 5.88 Å². The molecular formula is C13H10BrNO2. The second-order valence-corrected chi connectivity index (χ2v) is 4.31. The van der Waals surface area contributed by atoms with Crippen molar-refractivity contribution in [3.8, 4) is 5.88 Å². The van der Waals surface area contributed by atoms with E-state index in [1.807, 2.05) is 12.1 Å². The van der Waals surface area contributed by atoms with Crippen LogP contribution in [-0.2, 0) is 0 Å². The highest BCUT2D eigenvalue weighted by atomic mass is 79.9. The highest BCUT2D eigenvalue weighted by Crippen LogP contribution is 2.19. The molecule has 0 radical (unpaired) electrons. The first-order valence-corrected chi connectivity index (χ1v) is 5.81. The lowest BCUT2D eigenvalue weighted by atomic mass is 10.0. The molecule has 1 heterocycles. The number of pyridine rings is 1. The van der Waals surface area contributed by atoms with Crippen LogP contribution in [0, 0.1) is 0 Å². The van der Waals surface area contributed by atoms with Crippen LogP contribution in [0.3, 0.4) is 0 Å². The van der Waals surface area contributed by atoms with Gasteiger partial charge < -0.3 is 4.74 Å². The molecule has 0 N–H and O–H groups in total. The molecule has 0 atom stereocenters. The van der Waals surface area contributed by atoms with Gasteiger partial charge >= 0.3 is 0 Å². The van der Waals surface area contributed by atoms with Gasteiger partial charge in [-0.2, -0.15) is 0 Å². The predicted octanol–water partition coefficient (Wildman–Crippen LogP) is 3.08. The molecule has 1 aromatic heterocycles. The van der Waals surface area contributed by atoms with Gasteiger partial charge in [0.25, 0.3) is 0 Å². The molecule has 0 saturated carbocycles. The van der Waals surface area contributed by atoms with E-state index in [1.165, 1.54) is 7.11 Å². The Kier molecular flexibility index (Phi) is 3.54. The van der Waals surface area contributed by atoms with E-state index in [4.69, 9.17) is 4.74 Å². The predicted molar refractivity (Wildman–Crippen MR) is 68.4 cm³/mol. The van der Waals surface area contributed by atoms with E-state index >= 15 is 0 Å². The third-order valence-corrected chi connectivity index (χ3v) is 2.84. The number of nitrogens with zero attached hydrogens (tertiary/aromatic N) is 1. The van der Waals surface area contributed by atoms with Gasteiger partial charge in [-0.25, -0.2) is 4.98 Å². The maximum absolute atomic E-state index is 12.2. The Labute approximate surface area is 108 Å². The fourth-order valence-electron chi connectivity index (χ4n) is 1.48. The van der Waals surface area contributed by atoms with Gasteiger partial charge in [0.15, 0.2) is 5.78 Å². The van der Waals surface area contributed by atoms with Gasteiger partial charge in [0, 0.05) is 16.2 Å². The molecule has 0 fully saturated rings. The van der Waals surface area contributed by atoms with Crippen molar-refractivity contribution < 1.29 is 9.53 Å². The van der Waals surface area contributed by atoms with Crippen LogP contribution >= 0.6 is 15.9 Å². The van der Waals surface area contributed by atoms with Gasteiger partial charge in [-0.05, 0) is 36.4 Å². The zero-order chi connectivity index (χ0) is 12.3. The van der Waals surface area contributed by atoms with Crippen molar-refractivity contribution in [1.29, 1.82) is 0 Å². The lowest BCUT2D eigenvalue weighted by molar-refractivity contribution is 0.103. The van der Waals surface area contributed by atoms with Crippen LogP contribution in [0.2, 0.25) is 0 Å². The maximum atomic E-state index is 12.2. The number of hydrogen-bond acceptors (Lipinski definition) is 3. The van der Waals surface area contributed by atoms with E-state index in [9.17, 15) is 4.79 Å². The summed E-state index contributed by atoms with van der Waals surface area (Å²) in [5.74, 6) is 0.253. The van der Waals surface area contributed by atoms with Crippen LogP contribution in [0.4, 0.5) is 0 Å². The van der Waals surface area contributed by atoms with Gasteiger partial charge in [0.05, 0.1) is 12.7 Å². The average Bonchev–Trinajstić information content (AvgIpc) is 2.39. The summed E-state index contributed by atoms with van der Waals surface area (Å²) in [6.07, 6.45) is 1.59. The number of benzene rings is 1. The number of aromatic nitrogens is 1. The lowest BCUT2D eigenvalue weighted by Gasteiger charge is -2.05. The second-order valence-electron chi connectivity index (χ2n) is 3.40. The molecule has 1 aromatic carbocycles. The first-order chi connectivity index (χ1) is 8.22. The number of carbonyl (C=O) groups is 1. The molecule has 0 unspecified atom stereocenters. The molecule has 86 valence electrons. The van der Waals surface area contributed by atoms with E-state index in [-0.39, 0.29) is 5.78 Å². The average molecular weight is 292 g/mol. The van der Waals surface area contributed by atoms with Crippen molar-refractivity contribution in [3.63, 3.8) is 0 Å². The smallest absolute Gasteiger partial charge is 0.224 e. The normalized spacial score (nSPS) is 10.0. The highest BCUT2D eigenvalue weighted by molar-refractivity contribution is 9.10. The minimum absolute atomic E-state index is 0.0950. The fraction of sp³-hybridized carbons (Fsp3) is 0.0769. The molecule has 17 heavy (non-hydrogen) atoms. The first-order valence-electron chi connectivity index (χ1n) is 5.01. The van der Waals surface area contributed by atoms with Gasteiger partial charge in [-0.1, -0.05) is 15.9 Å². The summed E-state index contributed by atoms with van der Waals surface area (Å²) < 4.78 is 6.01. The van der Waals surface area contributed by atoms with Crippen LogP contribution in [0.15, 0.2) is 47.1 Å². The van der Waals surface area contributed by atoms with Crippen LogP contribution in [0.1, 0.15) is 15.9 Å². The quantitative estimate of drug-likeness (QED) is 0.816. The Balaban J connectivity index is 2.40. The summed E-state index contributed by atoms with van der Waals surface area (Å²) in [4.78, 5) is 16.2. The minimum atomic E-state index is -0.0950. The number of ether oxygens (including phenoxy) is 1. The van der Waals surface area contributed by atoms with Gasteiger partial charge in [-0.3, -0.25) is 4.79 Å². The SMILES string of the molecule is COc1ncccc1C(=O)c1ccc(Br)cc1. The van der Waals surface area contributed by atoms with E-state index in [2.05, 4.69) is 20.9 Å². The summed E-state index contributed by atoms with van der Waals surface area (Å²) in [5, 5.41) is 0. The Hall–Kier alpha value is -1.68. The number of ketones is 1. The number of methoxy groups -OCH3 is 1. The highest BCUT2D eigenvalue weighted by Gasteiger charge is 2.14. The lowest BCUT2D eigenvalue weighted by Crippen LogP contribution is -2.04. The molecule has 0 amide bonds. The molecule has 2 aromatic rings. The molecule has 0 aliphatic rings. The molecule has 0 aliphatic heterocycles. The molecule has 0 aliphatic carbocycles. The Morgan fingerprint density at radius 2 is 1.94 bits per heavy atom. The van der Waals surface area contributed by atoms with Crippen molar-refractivity contribution in [3.05, 3.63) is 58.2 Å². The largest absolute Gasteiger partial charge is 0.480 e. The Morgan fingerprint density at radius 1 is 1.24 bits per heavy atom. The first kappa shape index (κ1) is 11.8. The second kappa shape index (κ2) is 5.10. The molecule has 4 heteroatoms. The van der Waals surface area contributed by atoms with Crippen LogP contribution in [-0.4, -0.2) is 17.9 Å². The van der Waals surface area contributed by atoms with Gasteiger partial charge in [-0.15, -0.1) is 0 Å². The molecule has 2 rings (SSSR count). The summed E-state index contributed by atoms with van der Waals surface area (Å²) in [6.45, 7) is 0. The maximum Gasteiger partial charge on any atom is 0.224 e. The van der Waals surface area contributed by atoms with E-state index < -0.39 is 0 Å². The monoisotopic (exact) mass is 291 g/mol. The molecule has 0 spiro atoms. The number of carbonyl (C=O) groups excluding carboxylic acids is 1. The van der Waals surface area contributed by atoms with E-state index in [1.54, 1.807) is 30.5 Å². The standard InChI is InChI=1S/C13H10BrNO2/c1-17-13-11(3-2-8-15-13)12(16)9-4-6-10(14)7-5-9/h2-8H,1H3. The van der Waals surface area contributed by atoms with Crippen LogP contribution in [0.25, 0.3) is 0 Å². The zero-order valence-corrected chi connectivity index (χ0v) is 10.8. The van der Waals surface area contributed by atoms with Crippen molar-refractivity contribution in [2.24, 2.45) is 0 Å². The van der Waals surface area contributed by atoms with Crippen molar-refractivity contribution in [2.75, 3.05) is 7.11 Å². The summed E-state index contributed by atoms with van der Waals surface area (Å²) in [7, 11) is 1.50. The number of hydrogen-bond donors (Lipinski definition) is 0. The van der Waals surface area contributed by atoms with Crippen molar-refractivity contribution >= 4 is 21.7 Å². The molecule has 0 saturated heterocycles. The molecule has 3 nitrogen and oxygen atoms in total. The fourth-order valence-corrected chi connectivity index (χ4v) is 1.75. The summed E-state index contributed by atoms with van der Waals surface area (Å²) >= 11 is 3.33. The zero-order valence-electron chi connectivity index (χ0n) is 9.18. The van der Waals surface area contributed by atoms with Crippen LogP contribution < -0.4 is 4.74 Å². The van der Waals surface area contributed by atoms with Crippen molar-refractivity contribution in [1.82, 2.24) is 4.98 Å². The molecule has 0 bridgehead atoms. The molecular weight excluding hydrogens is 282 g/mol. The van der Waals surface area contributed by atoms with Crippen molar-refractivity contribution in [2.45, 2.75) is 0 Å². The number of halogens is 1. The minimum Gasteiger partial charge on any atom is -0.480 e. The van der Waals surface area contributed by atoms with E-state index in [0.717, 1.165) is 4.47 Å².